The lowest BCUT2D eigenvalue weighted by atomic mass is 9.83. The maximum atomic E-state index is 12.5. The molecule has 1 N–H and O–H groups in total. The maximum absolute atomic E-state index is 12.5. The first-order valence-corrected chi connectivity index (χ1v) is 8.18. The number of hydrogen-bond donors (Lipinski definition) is 1. The molecule has 5 nitrogen and oxygen atoms in total. The van der Waals surface area contributed by atoms with Crippen molar-refractivity contribution in [1.82, 2.24) is 10.4 Å². The Hall–Kier alpha value is -2.37. The molecule has 2 heterocycles. The van der Waals surface area contributed by atoms with Gasteiger partial charge in [0.2, 0.25) is 0 Å². The zero-order valence-electron chi connectivity index (χ0n) is 13.4. The molecular formula is C19H20N2O3. The minimum absolute atomic E-state index is 0.226. The van der Waals surface area contributed by atoms with E-state index in [0.29, 0.717) is 26.3 Å². The van der Waals surface area contributed by atoms with Gasteiger partial charge in [0, 0.05) is 19.0 Å². The predicted molar refractivity (Wildman–Crippen MR) is 88.9 cm³/mol. The van der Waals surface area contributed by atoms with Crippen LogP contribution in [0.2, 0.25) is 0 Å². The molecular weight excluding hydrogens is 304 g/mol. The zero-order chi connectivity index (χ0) is 16.4. The Labute approximate surface area is 141 Å². The van der Waals surface area contributed by atoms with Gasteiger partial charge in [-0.05, 0) is 11.1 Å². The van der Waals surface area contributed by atoms with Gasteiger partial charge in [-0.3, -0.25) is 0 Å². The van der Waals surface area contributed by atoms with Crippen molar-refractivity contribution in [3.63, 3.8) is 0 Å². The smallest absolute Gasteiger partial charge is 0.410 e. The van der Waals surface area contributed by atoms with E-state index in [4.69, 9.17) is 9.57 Å². The number of amides is 1. The van der Waals surface area contributed by atoms with E-state index >= 15 is 0 Å². The minimum atomic E-state index is -0.340. The summed E-state index contributed by atoms with van der Waals surface area (Å²) in [6.45, 7) is 2.07. The summed E-state index contributed by atoms with van der Waals surface area (Å²) in [5.74, 6) is 0.226. The third-order valence-corrected chi connectivity index (χ3v) is 4.87. The van der Waals surface area contributed by atoms with Crippen LogP contribution < -0.4 is 5.48 Å². The number of carbonyl (C=O) groups excluding carboxylic acids is 1. The van der Waals surface area contributed by atoms with Gasteiger partial charge in [0.05, 0.1) is 12.1 Å². The van der Waals surface area contributed by atoms with Gasteiger partial charge in [-0.25, -0.2) is 4.79 Å². The first kappa shape index (κ1) is 15.2. The summed E-state index contributed by atoms with van der Waals surface area (Å²) in [6, 6.07) is 19.9. The lowest BCUT2D eigenvalue weighted by Crippen LogP contribution is -2.44. The Balaban J connectivity index is 1.46. The van der Waals surface area contributed by atoms with Crippen LogP contribution in [0.5, 0.6) is 0 Å². The molecule has 24 heavy (non-hydrogen) atoms. The van der Waals surface area contributed by atoms with Gasteiger partial charge < -0.3 is 14.5 Å². The number of nitrogens with zero attached hydrogens (tertiary/aromatic N) is 1. The average molecular weight is 324 g/mol. The number of hydroxylamine groups is 1. The third-order valence-electron chi connectivity index (χ3n) is 4.87. The topological polar surface area (TPSA) is 50.8 Å². The highest BCUT2D eigenvalue weighted by Crippen LogP contribution is 2.40. The molecule has 0 spiro atoms. The number of likely N-dealkylation sites (tertiary alicyclic amines) is 1. The number of nitrogens with one attached hydrogen (secondary N) is 1. The standard InChI is InChI=1S/C19H20N2O3/c22-18(23-12-15-7-3-1-4-8-15)21-11-17-13-24-20-19(17,14-21)16-9-5-2-6-10-16/h1-10,17,20H,11-14H2/t17-,19-/m1/s1. The Kier molecular flexibility index (Phi) is 3.96. The van der Waals surface area contributed by atoms with Gasteiger partial charge in [-0.2, -0.15) is 5.48 Å². The van der Waals surface area contributed by atoms with Crippen molar-refractivity contribution in [2.24, 2.45) is 5.92 Å². The number of hydrogen-bond acceptors (Lipinski definition) is 4. The summed E-state index contributed by atoms with van der Waals surface area (Å²) in [5, 5.41) is 0. The van der Waals surface area contributed by atoms with Crippen LogP contribution >= 0.6 is 0 Å². The molecule has 4 rings (SSSR count). The lowest BCUT2D eigenvalue weighted by Gasteiger charge is -2.27. The van der Waals surface area contributed by atoms with Gasteiger partial charge in [0.25, 0.3) is 0 Å². The van der Waals surface area contributed by atoms with Crippen molar-refractivity contribution in [2.75, 3.05) is 19.7 Å². The summed E-state index contributed by atoms with van der Waals surface area (Å²) >= 11 is 0. The number of benzene rings is 2. The van der Waals surface area contributed by atoms with E-state index in [0.717, 1.165) is 11.1 Å². The molecule has 2 atom stereocenters. The van der Waals surface area contributed by atoms with Gasteiger partial charge in [0.15, 0.2) is 0 Å². The first-order valence-electron chi connectivity index (χ1n) is 8.18. The molecule has 5 heteroatoms. The average Bonchev–Trinajstić information content (AvgIpc) is 3.20. The summed E-state index contributed by atoms with van der Waals surface area (Å²) in [5.41, 5.74) is 4.95. The quantitative estimate of drug-likeness (QED) is 0.943. The van der Waals surface area contributed by atoms with E-state index in [1.54, 1.807) is 4.90 Å². The molecule has 2 aliphatic rings. The Morgan fingerprint density at radius 2 is 1.88 bits per heavy atom. The molecule has 0 aromatic heterocycles. The second-order valence-electron chi connectivity index (χ2n) is 6.37. The van der Waals surface area contributed by atoms with Crippen molar-refractivity contribution in [1.29, 1.82) is 0 Å². The molecule has 0 saturated carbocycles. The van der Waals surface area contributed by atoms with Crippen LogP contribution in [0.4, 0.5) is 4.79 Å². The van der Waals surface area contributed by atoms with E-state index in [-0.39, 0.29) is 17.6 Å². The van der Waals surface area contributed by atoms with Gasteiger partial charge in [0.1, 0.15) is 6.61 Å². The predicted octanol–water partition coefficient (Wildman–Crippen LogP) is 2.69. The second kappa shape index (κ2) is 6.26. The molecule has 2 saturated heterocycles. The van der Waals surface area contributed by atoms with Gasteiger partial charge in [-0.1, -0.05) is 60.7 Å². The molecule has 1 amide bonds. The summed E-state index contributed by atoms with van der Waals surface area (Å²) in [4.78, 5) is 19.7. The highest BCUT2D eigenvalue weighted by atomic mass is 16.7. The number of carbonyl (C=O) groups is 1. The zero-order valence-corrected chi connectivity index (χ0v) is 13.4. The van der Waals surface area contributed by atoms with Crippen LogP contribution in [0, 0.1) is 5.92 Å². The summed E-state index contributed by atoms with van der Waals surface area (Å²) in [7, 11) is 0. The van der Waals surface area contributed by atoms with E-state index in [2.05, 4.69) is 17.6 Å². The fourth-order valence-corrected chi connectivity index (χ4v) is 3.57. The van der Waals surface area contributed by atoms with Crippen LogP contribution in [-0.4, -0.2) is 30.7 Å². The third kappa shape index (κ3) is 2.66. The van der Waals surface area contributed by atoms with E-state index in [1.807, 2.05) is 48.5 Å². The van der Waals surface area contributed by atoms with Crippen molar-refractivity contribution < 1.29 is 14.4 Å². The second-order valence-corrected chi connectivity index (χ2v) is 6.37. The molecule has 2 aliphatic heterocycles. The lowest BCUT2D eigenvalue weighted by molar-refractivity contribution is 0.0426. The normalized spacial score (nSPS) is 25.5. The first-order chi connectivity index (χ1) is 11.8. The fourth-order valence-electron chi connectivity index (χ4n) is 3.57. The maximum Gasteiger partial charge on any atom is 0.410 e. The Morgan fingerprint density at radius 3 is 2.62 bits per heavy atom. The molecule has 0 bridgehead atoms. The molecule has 124 valence electrons. The molecule has 2 aromatic rings. The summed E-state index contributed by atoms with van der Waals surface area (Å²) < 4.78 is 5.48. The fraction of sp³-hybridized carbons (Fsp3) is 0.316. The van der Waals surface area contributed by atoms with Crippen LogP contribution in [-0.2, 0) is 21.7 Å². The van der Waals surface area contributed by atoms with Crippen LogP contribution in [0.25, 0.3) is 0 Å². The SMILES string of the molecule is O=C(OCc1ccccc1)N1C[C@@H]2CON[C@@]2(c2ccccc2)C1. The van der Waals surface area contributed by atoms with Crippen molar-refractivity contribution in [2.45, 2.75) is 12.1 Å². The molecule has 0 aliphatic carbocycles. The molecule has 0 radical (unpaired) electrons. The number of rotatable bonds is 3. The highest BCUT2D eigenvalue weighted by Gasteiger charge is 2.53. The number of ether oxygens (including phenoxy) is 1. The van der Waals surface area contributed by atoms with Crippen molar-refractivity contribution >= 4 is 6.09 Å². The largest absolute Gasteiger partial charge is 0.445 e. The van der Waals surface area contributed by atoms with Gasteiger partial charge >= 0.3 is 6.09 Å². The van der Waals surface area contributed by atoms with E-state index < -0.39 is 0 Å². The number of fused-ring (bicyclic) bond motifs is 1. The Morgan fingerprint density at radius 1 is 1.17 bits per heavy atom. The van der Waals surface area contributed by atoms with Crippen molar-refractivity contribution in [3.05, 3.63) is 71.8 Å². The molecule has 2 aromatic carbocycles. The van der Waals surface area contributed by atoms with Crippen LogP contribution in [0.1, 0.15) is 11.1 Å². The Bertz CT molecular complexity index is 707. The monoisotopic (exact) mass is 324 g/mol. The van der Waals surface area contributed by atoms with Crippen molar-refractivity contribution in [3.8, 4) is 0 Å². The van der Waals surface area contributed by atoms with Crippen LogP contribution in [0.15, 0.2) is 60.7 Å². The van der Waals surface area contributed by atoms with Crippen LogP contribution in [0.3, 0.4) is 0 Å². The highest BCUT2D eigenvalue weighted by molar-refractivity contribution is 5.68. The minimum Gasteiger partial charge on any atom is -0.445 e. The van der Waals surface area contributed by atoms with Gasteiger partial charge in [-0.15, -0.1) is 0 Å². The molecule has 0 unspecified atom stereocenters. The van der Waals surface area contributed by atoms with E-state index in [9.17, 15) is 4.79 Å². The molecule has 2 fully saturated rings. The van der Waals surface area contributed by atoms with E-state index in [1.165, 1.54) is 0 Å². The summed E-state index contributed by atoms with van der Waals surface area (Å²) in [6.07, 6.45) is -0.273.